The molecule has 0 spiro atoms. The van der Waals surface area contributed by atoms with E-state index >= 15 is 0 Å². The third kappa shape index (κ3) is 6.42. The zero-order valence-corrected chi connectivity index (χ0v) is 20.9. The summed E-state index contributed by atoms with van der Waals surface area (Å²) in [5, 5.41) is 3.49. The Balaban J connectivity index is 1.82. The summed E-state index contributed by atoms with van der Waals surface area (Å²) in [6, 6.07) is 20.8. The molecule has 1 atom stereocenters. The number of benzene rings is 3. The minimum atomic E-state index is -3.88. The molecule has 0 unspecified atom stereocenters. The molecule has 0 fully saturated rings. The van der Waals surface area contributed by atoms with Crippen LogP contribution in [0.5, 0.6) is 0 Å². The van der Waals surface area contributed by atoms with Gasteiger partial charge in [-0.25, -0.2) is 8.42 Å². The second-order valence-corrected chi connectivity index (χ2v) is 10.8. The van der Waals surface area contributed by atoms with Gasteiger partial charge in [-0.15, -0.1) is 0 Å². The van der Waals surface area contributed by atoms with Gasteiger partial charge in [-0.2, -0.15) is 4.31 Å². The van der Waals surface area contributed by atoms with Crippen molar-refractivity contribution >= 4 is 43.5 Å². The smallest absolute Gasteiger partial charge is 0.243 e. The van der Waals surface area contributed by atoms with E-state index in [-0.39, 0.29) is 29.9 Å². The molecule has 0 aromatic heterocycles. The van der Waals surface area contributed by atoms with E-state index in [0.717, 1.165) is 21.2 Å². The fourth-order valence-electron chi connectivity index (χ4n) is 3.16. The van der Waals surface area contributed by atoms with Crippen molar-refractivity contribution in [1.82, 2.24) is 9.62 Å². The summed E-state index contributed by atoms with van der Waals surface area (Å²) in [6.07, 6.45) is 0. The Bertz CT molecular complexity index is 1170. The Morgan fingerprint density at radius 2 is 1.59 bits per heavy atom. The van der Waals surface area contributed by atoms with Gasteiger partial charge in [0, 0.05) is 16.0 Å². The molecule has 0 saturated carbocycles. The first-order valence-corrected chi connectivity index (χ1v) is 12.6. The zero-order valence-electron chi connectivity index (χ0n) is 17.8. The van der Waals surface area contributed by atoms with Crippen LogP contribution in [0.1, 0.15) is 29.7 Å². The third-order valence-corrected chi connectivity index (χ3v) is 7.58. The summed E-state index contributed by atoms with van der Waals surface area (Å²) in [5.74, 6) is -0.389. The monoisotopic (exact) mass is 534 g/mol. The molecule has 3 rings (SSSR count). The third-order valence-electron chi connectivity index (χ3n) is 5.00. The lowest BCUT2D eigenvalue weighted by molar-refractivity contribution is -0.122. The van der Waals surface area contributed by atoms with Crippen LogP contribution < -0.4 is 5.32 Å². The van der Waals surface area contributed by atoms with Crippen molar-refractivity contribution in [3.63, 3.8) is 0 Å². The standard InChI is InChI=1S/C24H24BrClN2O3S/c1-17-3-13-23(14-4-17)32(30,31)28(15-19-5-9-21(25)10-6-19)16-24(29)27-18(2)20-7-11-22(26)12-8-20/h3-14,18H,15-16H2,1-2H3,(H,27,29)/t18-/m0/s1. The van der Waals surface area contributed by atoms with Crippen LogP contribution in [0.3, 0.4) is 0 Å². The number of sulfonamides is 1. The number of amides is 1. The summed E-state index contributed by atoms with van der Waals surface area (Å²) in [7, 11) is -3.88. The van der Waals surface area contributed by atoms with E-state index in [9.17, 15) is 13.2 Å². The Kier molecular flexibility index (Phi) is 8.11. The summed E-state index contributed by atoms with van der Waals surface area (Å²) in [5.41, 5.74) is 2.61. The van der Waals surface area contributed by atoms with Gasteiger partial charge in [0.25, 0.3) is 0 Å². The number of aryl methyl sites for hydroxylation is 1. The van der Waals surface area contributed by atoms with E-state index in [4.69, 9.17) is 11.6 Å². The minimum Gasteiger partial charge on any atom is -0.348 e. The first-order valence-electron chi connectivity index (χ1n) is 10.0. The first-order chi connectivity index (χ1) is 15.1. The quantitative estimate of drug-likeness (QED) is 0.415. The van der Waals surface area contributed by atoms with Gasteiger partial charge < -0.3 is 5.32 Å². The van der Waals surface area contributed by atoms with E-state index < -0.39 is 10.0 Å². The Morgan fingerprint density at radius 3 is 2.19 bits per heavy atom. The number of hydrogen-bond acceptors (Lipinski definition) is 3. The Labute approximate surface area is 202 Å². The van der Waals surface area contributed by atoms with E-state index in [1.54, 1.807) is 36.4 Å². The van der Waals surface area contributed by atoms with Crippen LogP contribution in [0.2, 0.25) is 5.02 Å². The van der Waals surface area contributed by atoms with E-state index in [1.165, 1.54) is 4.31 Å². The average molecular weight is 536 g/mol. The maximum absolute atomic E-state index is 13.4. The maximum Gasteiger partial charge on any atom is 0.243 e. The van der Waals surface area contributed by atoms with Crippen molar-refractivity contribution in [2.45, 2.75) is 31.3 Å². The zero-order chi connectivity index (χ0) is 23.3. The molecular formula is C24H24BrClN2O3S. The molecule has 1 amide bonds. The predicted molar refractivity (Wildman–Crippen MR) is 131 cm³/mol. The molecule has 0 aliphatic rings. The predicted octanol–water partition coefficient (Wildman–Crippen LogP) is 5.48. The van der Waals surface area contributed by atoms with E-state index in [0.29, 0.717) is 5.02 Å². The minimum absolute atomic E-state index is 0.0756. The van der Waals surface area contributed by atoms with Gasteiger partial charge in [-0.3, -0.25) is 4.79 Å². The van der Waals surface area contributed by atoms with Gasteiger partial charge in [0.2, 0.25) is 15.9 Å². The van der Waals surface area contributed by atoms with Crippen molar-refractivity contribution in [3.05, 3.63) is 99.0 Å². The molecule has 0 bridgehead atoms. The van der Waals surface area contributed by atoms with E-state index in [1.807, 2.05) is 50.2 Å². The molecule has 32 heavy (non-hydrogen) atoms. The molecule has 3 aromatic carbocycles. The van der Waals surface area contributed by atoms with Crippen molar-refractivity contribution in [1.29, 1.82) is 0 Å². The molecule has 0 aliphatic heterocycles. The number of nitrogens with one attached hydrogen (secondary N) is 1. The average Bonchev–Trinajstić information content (AvgIpc) is 2.75. The van der Waals surface area contributed by atoms with Crippen LogP contribution in [-0.2, 0) is 21.4 Å². The highest BCUT2D eigenvalue weighted by molar-refractivity contribution is 9.10. The topological polar surface area (TPSA) is 66.5 Å². The summed E-state index contributed by atoms with van der Waals surface area (Å²) < 4.78 is 28.8. The molecule has 1 N–H and O–H groups in total. The fourth-order valence-corrected chi connectivity index (χ4v) is 4.94. The van der Waals surface area contributed by atoms with Gasteiger partial charge in [-0.05, 0) is 61.4 Å². The maximum atomic E-state index is 13.4. The Hall–Kier alpha value is -2.19. The first kappa shape index (κ1) is 24.5. The van der Waals surface area contributed by atoms with Crippen LogP contribution in [0, 0.1) is 6.92 Å². The fraction of sp³-hybridized carbons (Fsp3) is 0.208. The van der Waals surface area contributed by atoms with Crippen LogP contribution in [0.15, 0.2) is 82.2 Å². The molecular weight excluding hydrogens is 512 g/mol. The van der Waals surface area contributed by atoms with E-state index in [2.05, 4.69) is 21.2 Å². The summed E-state index contributed by atoms with van der Waals surface area (Å²) >= 11 is 9.32. The highest BCUT2D eigenvalue weighted by Gasteiger charge is 2.27. The number of nitrogens with zero attached hydrogens (tertiary/aromatic N) is 1. The number of halogens is 2. The number of carbonyl (C=O) groups is 1. The van der Waals surface area contributed by atoms with Crippen LogP contribution in [0.25, 0.3) is 0 Å². The molecule has 0 aliphatic carbocycles. The largest absolute Gasteiger partial charge is 0.348 e. The molecule has 0 heterocycles. The second kappa shape index (κ2) is 10.6. The second-order valence-electron chi connectivity index (χ2n) is 7.55. The normalized spacial score (nSPS) is 12.5. The molecule has 0 saturated heterocycles. The SMILES string of the molecule is Cc1ccc(S(=O)(=O)N(CC(=O)N[C@@H](C)c2ccc(Cl)cc2)Cc2ccc(Br)cc2)cc1. The van der Waals surface area contributed by atoms with Gasteiger partial charge in [-0.1, -0.05) is 69.5 Å². The number of rotatable bonds is 8. The van der Waals surface area contributed by atoms with Crippen molar-refractivity contribution < 1.29 is 13.2 Å². The molecule has 8 heteroatoms. The highest BCUT2D eigenvalue weighted by Crippen LogP contribution is 2.21. The van der Waals surface area contributed by atoms with Crippen LogP contribution in [-0.4, -0.2) is 25.2 Å². The van der Waals surface area contributed by atoms with Crippen molar-refractivity contribution in [2.24, 2.45) is 0 Å². The molecule has 5 nitrogen and oxygen atoms in total. The highest BCUT2D eigenvalue weighted by atomic mass is 79.9. The number of carbonyl (C=O) groups excluding carboxylic acids is 1. The number of hydrogen-bond donors (Lipinski definition) is 1. The molecule has 3 aromatic rings. The molecule has 168 valence electrons. The van der Waals surface area contributed by atoms with Gasteiger partial charge in [0.15, 0.2) is 0 Å². The van der Waals surface area contributed by atoms with Gasteiger partial charge in [0.05, 0.1) is 17.5 Å². The van der Waals surface area contributed by atoms with Gasteiger partial charge >= 0.3 is 0 Å². The van der Waals surface area contributed by atoms with Crippen LogP contribution >= 0.6 is 27.5 Å². The van der Waals surface area contributed by atoms with Crippen molar-refractivity contribution in [3.8, 4) is 0 Å². The lowest BCUT2D eigenvalue weighted by Gasteiger charge is -2.23. The van der Waals surface area contributed by atoms with Gasteiger partial charge in [0.1, 0.15) is 0 Å². The lowest BCUT2D eigenvalue weighted by atomic mass is 10.1. The van der Waals surface area contributed by atoms with Crippen LogP contribution in [0.4, 0.5) is 0 Å². The summed E-state index contributed by atoms with van der Waals surface area (Å²) in [6.45, 7) is 3.51. The molecule has 0 radical (unpaired) electrons. The lowest BCUT2D eigenvalue weighted by Crippen LogP contribution is -2.41. The van der Waals surface area contributed by atoms with Crippen molar-refractivity contribution in [2.75, 3.05) is 6.54 Å². The Morgan fingerprint density at radius 1 is 1.00 bits per heavy atom. The summed E-state index contributed by atoms with van der Waals surface area (Å²) in [4.78, 5) is 13.0.